The topological polar surface area (TPSA) is 163 Å². The van der Waals surface area contributed by atoms with Crippen LogP contribution in [0.4, 0.5) is 0 Å². The Kier molecular flexibility index (Phi) is 11.5. The summed E-state index contributed by atoms with van der Waals surface area (Å²) in [5, 5.41) is 21.0. The van der Waals surface area contributed by atoms with Gasteiger partial charge in [0.25, 0.3) is 0 Å². The molecule has 12 heteroatoms. The number of carboxylic acids is 1. The summed E-state index contributed by atoms with van der Waals surface area (Å²) in [7, 11) is 1.34. The molecule has 0 heterocycles. The zero-order valence-corrected chi connectivity index (χ0v) is 32.5. The Hall–Kier alpha value is -5.23. The Labute approximate surface area is 310 Å². The summed E-state index contributed by atoms with van der Waals surface area (Å²) in [5.74, 6) is -4.61. The molecule has 0 saturated carbocycles. The molecule has 4 rings (SSSR count). The van der Waals surface area contributed by atoms with E-state index in [1.165, 1.54) is 25.3 Å². The molecule has 0 aliphatic heterocycles. The van der Waals surface area contributed by atoms with Crippen molar-refractivity contribution in [1.82, 2.24) is 0 Å². The second-order valence-corrected chi connectivity index (χ2v) is 13.6. The van der Waals surface area contributed by atoms with Crippen molar-refractivity contribution >= 4 is 45.6 Å². The number of carbonyl (C=O) groups is 5. The Balaban J connectivity index is 1.66. The lowest BCUT2D eigenvalue weighted by Gasteiger charge is -2.23. The van der Waals surface area contributed by atoms with Gasteiger partial charge in [-0.05, 0) is 152 Å². The fraction of sp³-hybridized carbons (Fsp3) is 0.325. The normalized spacial score (nSPS) is 14.0. The molecule has 1 aliphatic rings. The maximum atomic E-state index is 13.7. The number of ether oxygens (including phenoxy) is 4. The van der Waals surface area contributed by atoms with Gasteiger partial charge in [-0.15, -0.1) is 0 Å². The number of benzene rings is 3. The summed E-state index contributed by atoms with van der Waals surface area (Å²) >= 11 is 3.27. The number of phenols is 1. The zero-order chi connectivity index (χ0) is 39.1. The van der Waals surface area contributed by atoms with E-state index in [4.69, 9.17) is 18.9 Å². The number of carbonyl (C=O) groups excluding carboxylic acids is 4. The van der Waals surface area contributed by atoms with Crippen molar-refractivity contribution in [3.63, 3.8) is 0 Å². The summed E-state index contributed by atoms with van der Waals surface area (Å²) in [6.45, 7) is 16.8. The molecular weight excluding hydrogens is 736 g/mol. The standard InChI is InChI=1S/C40H41BrO11/c1-12-26-24(10)31(37(44)45)20(6)22(8)35(26)51-38(46)29-17(3)14-27(18(4)19(29)5)50-40(48)32-21(7)23(9)36(33(41)34(32)43)52-39(47)30-16(2)13-25(42)15-28(30)49-11/h13-15,30,43H,12H2,1-11H3,(H,44,45). The van der Waals surface area contributed by atoms with Gasteiger partial charge < -0.3 is 29.2 Å². The summed E-state index contributed by atoms with van der Waals surface area (Å²) in [5.41, 5.74) is 5.01. The number of rotatable bonds is 9. The minimum absolute atomic E-state index is 0.0214. The minimum Gasteiger partial charge on any atom is -0.506 e. The summed E-state index contributed by atoms with van der Waals surface area (Å²) in [6, 6.07) is 1.53. The van der Waals surface area contributed by atoms with Gasteiger partial charge in [0.1, 0.15) is 39.0 Å². The van der Waals surface area contributed by atoms with E-state index >= 15 is 0 Å². The van der Waals surface area contributed by atoms with Crippen LogP contribution in [-0.2, 0) is 20.7 Å². The molecule has 0 radical (unpaired) electrons. The number of allylic oxidation sites excluding steroid dienone is 2. The molecule has 3 aromatic carbocycles. The van der Waals surface area contributed by atoms with Crippen LogP contribution in [0.25, 0.3) is 0 Å². The molecule has 3 aromatic rings. The van der Waals surface area contributed by atoms with Gasteiger partial charge in [-0.3, -0.25) is 9.59 Å². The van der Waals surface area contributed by atoms with E-state index in [0.29, 0.717) is 62.3 Å². The van der Waals surface area contributed by atoms with Gasteiger partial charge in [0.15, 0.2) is 11.5 Å². The second kappa shape index (κ2) is 15.2. The third-order valence-corrected chi connectivity index (χ3v) is 10.5. The number of esters is 3. The van der Waals surface area contributed by atoms with Crippen LogP contribution in [0.1, 0.15) is 95.0 Å². The lowest BCUT2D eigenvalue weighted by atomic mass is 9.91. The average Bonchev–Trinajstić information content (AvgIpc) is 3.06. The molecule has 0 saturated heterocycles. The van der Waals surface area contributed by atoms with Crippen molar-refractivity contribution in [1.29, 1.82) is 0 Å². The van der Waals surface area contributed by atoms with Crippen LogP contribution in [0.15, 0.2) is 34.0 Å². The average molecular weight is 778 g/mol. The van der Waals surface area contributed by atoms with Crippen molar-refractivity contribution in [2.45, 2.75) is 75.7 Å². The second-order valence-electron chi connectivity index (χ2n) is 12.8. The molecule has 0 aromatic heterocycles. The fourth-order valence-corrected chi connectivity index (χ4v) is 7.13. The maximum absolute atomic E-state index is 13.7. The molecule has 274 valence electrons. The number of phenolic OH excluding ortho intramolecular Hbond substituents is 1. The SMILES string of the molecule is CCc1c(C)c(C(=O)O)c(C)c(C)c1OC(=O)c1c(C)cc(OC(=O)c2c(C)c(C)c(OC(=O)C3C(C)=CC(=O)C=C3OC)c(Br)c2O)c(C)c1C. The van der Waals surface area contributed by atoms with Gasteiger partial charge in [-0.25, -0.2) is 14.4 Å². The minimum atomic E-state index is -1.05. The van der Waals surface area contributed by atoms with Crippen LogP contribution in [0, 0.1) is 61.3 Å². The third-order valence-electron chi connectivity index (χ3n) is 9.79. The molecule has 0 amide bonds. The molecule has 1 unspecified atom stereocenters. The van der Waals surface area contributed by atoms with Crippen LogP contribution in [0.5, 0.6) is 23.0 Å². The van der Waals surface area contributed by atoms with E-state index in [-0.39, 0.29) is 49.8 Å². The highest BCUT2D eigenvalue weighted by molar-refractivity contribution is 9.10. The predicted octanol–water partition coefficient (Wildman–Crippen LogP) is 7.90. The van der Waals surface area contributed by atoms with Crippen LogP contribution < -0.4 is 14.2 Å². The molecule has 0 fully saturated rings. The van der Waals surface area contributed by atoms with Crippen molar-refractivity contribution in [3.8, 4) is 23.0 Å². The molecule has 1 aliphatic carbocycles. The number of halogens is 1. The van der Waals surface area contributed by atoms with Gasteiger partial charge >= 0.3 is 23.9 Å². The van der Waals surface area contributed by atoms with Gasteiger partial charge in [0, 0.05) is 6.08 Å². The van der Waals surface area contributed by atoms with E-state index in [2.05, 4.69) is 15.9 Å². The van der Waals surface area contributed by atoms with Gasteiger partial charge in [0.05, 0.1) is 18.2 Å². The molecular formula is C40H41BrO11. The number of hydrogen-bond donors (Lipinski definition) is 2. The maximum Gasteiger partial charge on any atom is 0.347 e. The van der Waals surface area contributed by atoms with Crippen LogP contribution in [0.2, 0.25) is 0 Å². The van der Waals surface area contributed by atoms with Crippen molar-refractivity contribution in [2.75, 3.05) is 7.11 Å². The number of methoxy groups -OCH3 is 1. The monoisotopic (exact) mass is 776 g/mol. The summed E-state index contributed by atoms with van der Waals surface area (Å²) in [6.07, 6.45) is 2.96. The van der Waals surface area contributed by atoms with Crippen molar-refractivity contribution < 1.29 is 53.1 Å². The first-order valence-corrected chi connectivity index (χ1v) is 17.2. The van der Waals surface area contributed by atoms with Gasteiger partial charge in [0.2, 0.25) is 0 Å². The van der Waals surface area contributed by atoms with Crippen molar-refractivity contribution in [3.05, 3.63) is 101 Å². The van der Waals surface area contributed by atoms with E-state index in [9.17, 15) is 34.2 Å². The van der Waals surface area contributed by atoms with E-state index in [1.54, 1.807) is 62.3 Å². The lowest BCUT2D eigenvalue weighted by Crippen LogP contribution is -2.28. The number of hydrogen-bond acceptors (Lipinski definition) is 10. The highest BCUT2D eigenvalue weighted by Crippen LogP contribution is 2.44. The van der Waals surface area contributed by atoms with Crippen molar-refractivity contribution in [2.24, 2.45) is 5.92 Å². The Morgan fingerprint density at radius 2 is 1.29 bits per heavy atom. The summed E-state index contributed by atoms with van der Waals surface area (Å²) < 4.78 is 22.7. The lowest BCUT2D eigenvalue weighted by molar-refractivity contribution is -0.137. The number of aryl methyl sites for hydroxylation is 1. The predicted molar refractivity (Wildman–Crippen MR) is 196 cm³/mol. The first kappa shape index (κ1) is 39.6. The van der Waals surface area contributed by atoms with Crippen LogP contribution in [0.3, 0.4) is 0 Å². The van der Waals surface area contributed by atoms with E-state index in [1.807, 2.05) is 6.92 Å². The highest BCUT2D eigenvalue weighted by atomic mass is 79.9. The zero-order valence-electron chi connectivity index (χ0n) is 31.0. The number of aromatic carboxylic acids is 1. The van der Waals surface area contributed by atoms with E-state index in [0.717, 1.165) is 0 Å². The smallest absolute Gasteiger partial charge is 0.347 e. The quantitative estimate of drug-likeness (QED) is 0.160. The van der Waals surface area contributed by atoms with E-state index < -0.39 is 35.5 Å². The third kappa shape index (κ3) is 6.99. The first-order chi connectivity index (χ1) is 24.3. The molecule has 1 atom stereocenters. The Bertz CT molecular complexity index is 2120. The largest absolute Gasteiger partial charge is 0.506 e. The van der Waals surface area contributed by atoms with Gasteiger partial charge in [-0.1, -0.05) is 6.92 Å². The molecule has 52 heavy (non-hydrogen) atoms. The van der Waals surface area contributed by atoms with Gasteiger partial charge in [-0.2, -0.15) is 0 Å². The molecule has 0 spiro atoms. The Morgan fingerprint density at radius 3 is 1.87 bits per heavy atom. The van der Waals surface area contributed by atoms with Crippen LogP contribution in [-0.4, -0.2) is 47.0 Å². The Morgan fingerprint density at radius 1 is 0.731 bits per heavy atom. The molecule has 11 nitrogen and oxygen atoms in total. The molecule has 0 bridgehead atoms. The summed E-state index contributed by atoms with van der Waals surface area (Å²) in [4.78, 5) is 64.6. The highest BCUT2D eigenvalue weighted by Gasteiger charge is 2.34. The molecule has 2 N–H and O–H groups in total. The fourth-order valence-electron chi connectivity index (χ4n) is 6.56. The van der Waals surface area contributed by atoms with Crippen LogP contribution >= 0.6 is 15.9 Å². The number of aromatic hydroxyl groups is 1. The number of ketones is 1. The number of carboxylic acid groups (broad SMARTS) is 1. The first-order valence-electron chi connectivity index (χ1n) is 16.4.